The van der Waals surface area contributed by atoms with Crippen LogP contribution in [-0.2, 0) is 12.8 Å². The quantitative estimate of drug-likeness (QED) is 0.735. The predicted octanol–water partition coefficient (Wildman–Crippen LogP) is 3.85. The second-order valence-corrected chi connectivity index (χ2v) is 6.59. The standard InChI is InChI=1S/C20H21FN2/c1-23-11-8-14(9-12-23)19-18-7-6-17(21)13-16(18)5-4-15-3-2-10-22-20(15)19/h2-3,6-7,10,13H,4-5,8-9,11-12H2,1H3. The minimum Gasteiger partial charge on any atom is -0.306 e. The van der Waals surface area contributed by atoms with Crippen molar-refractivity contribution in [2.75, 3.05) is 20.1 Å². The second kappa shape index (κ2) is 5.89. The average molecular weight is 308 g/mol. The van der Waals surface area contributed by atoms with Gasteiger partial charge < -0.3 is 4.90 Å². The van der Waals surface area contributed by atoms with Crippen molar-refractivity contribution in [3.05, 3.63) is 70.3 Å². The molecule has 0 saturated carbocycles. The third-order valence-corrected chi connectivity index (χ3v) is 5.07. The van der Waals surface area contributed by atoms with E-state index in [1.165, 1.54) is 22.3 Å². The number of rotatable bonds is 0. The Kier molecular flexibility index (Phi) is 3.74. The highest BCUT2D eigenvalue weighted by Crippen LogP contribution is 2.37. The van der Waals surface area contributed by atoms with E-state index in [0.717, 1.165) is 50.0 Å². The summed E-state index contributed by atoms with van der Waals surface area (Å²) in [6.45, 7) is 2.16. The molecule has 1 aliphatic carbocycles. The number of nitrogens with zero attached hydrogens (tertiary/aromatic N) is 2. The number of pyridine rings is 1. The van der Waals surface area contributed by atoms with Gasteiger partial charge in [0.05, 0.1) is 5.69 Å². The third-order valence-electron chi connectivity index (χ3n) is 5.07. The normalized spacial score (nSPS) is 18.3. The summed E-state index contributed by atoms with van der Waals surface area (Å²) in [5.74, 6) is -0.143. The van der Waals surface area contributed by atoms with Crippen LogP contribution in [0.15, 0.2) is 42.1 Å². The lowest BCUT2D eigenvalue weighted by atomic mass is 9.88. The number of aromatic nitrogens is 1. The highest BCUT2D eigenvalue weighted by molar-refractivity contribution is 5.84. The molecule has 1 saturated heterocycles. The molecule has 2 aliphatic rings. The van der Waals surface area contributed by atoms with Gasteiger partial charge in [0.1, 0.15) is 5.82 Å². The van der Waals surface area contributed by atoms with E-state index in [-0.39, 0.29) is 5.82 Å². The first-order chi connectivity index (χ1) is 11.2. The average Bonchev–Trinajstić information content (AvgIpc) is 2.72. The first kappa shape index (κ1) is 14.6. The fourth-order valence-electron chi connectivity index (χ4n) is 3.77. The lowest BCUT2D eigenvalue weighted by Gasteiger charge is -2.27. The van der Waals surface area contributed by atoms with E-state index in [1.54, 1.807) is 12.1 Å². The molecule has 1 fully saturated rings. The van der Waals surface area contributed by atoms with Crippen molar-refractivity contribution in [3.8, 4) is 0 Å². The summed E-state index contributed by atoms with van der Waals surface area (Å²) < 4.78 is 13.7. The molecule has 0 spiro atoms. The van der Waals surface area contributed by atoms with Gasteiger partial charge in [-0.3, -0.25) is 4.98 Å². The van der Waals surface area contributed by atoms with Crippen LogP contribution in [0.5, 0.6) is 0 Å². The van der Waals surface area contributed by atoms with Crippen LogP contribution in [0, 0.1) is 5.82 Å². The van der Waals surface area contributed by atoms with Crippen molar-refractivity contribution in [2.45, 2.75) is 25.7 Å². The molecule has 0 amide bonds. The van der Waals surface area contributed by atoms with E-state index in [4.69, 9.17) is 4.98 Å². The number of fused-ring (bicyclic) bond motifs is 2. The van der Waals surface area contributed by atoms with Crippen molar-refractivity contribution in [1.29, 1.82) is 0 Å². The zero-order chi connectivity index (χ0) is 15.8. The molecule has 2 aromatic rings. The van der Waals surface area contributed by atoms with Crippen molar-refractivity contribution in [3.63, 3.8) is 0 Å². The number of likely N-dealkylation sites (tertiary alicyclic amines) is 1. The van der Waals surface area contributed by atoms with Crippen LogP contribution in [0.2, 0.25) is 0 Å². The van der Waals surface area contributed by atoms with Crippen LogP contribution in [0.25, 0.3) is 5.57 Å². The van der Waals surface area contributed by atoms with Gasteiger partial charge in [0.2, 0.25) is 0 Å². The Bertz CT molecular complexity index is 769. The van der Waals surface area contributed by atoms with Gasteiger partial charge in [0, 0.05) is 24.9 Å². The molecule has 0 unspecified atom stereocenters. The number of benzene rings is 1. The maximum atomic E-state index is 13.7. The molecule has 3 heteroatoms. The molecule has 2 nitrogen and oxygen atoms in total. The summed E-state index contributed by atoms with van der Waals surface area (Å²) in [4.78, 5) is 7.08. The van der Waals surface area contributed by atoms with Gasteiger partial charge in [-0.15, -0.1) is 0 Å². The van der Waals surface area contributed by atoms with Crippen molar-refractivity contribution >= 4 is 5.57 Å². The fraction of sp³-hybridized carbons (Fsp3) is 0.350. The van der Waals surface area contributed by atoms with Gasteiger partial charge in [0.25, 0.3) is 0 Å². The van der Waals surface area contributed by atoms with Crippen LogP contribution in [0.3, 0.4) is 0 Å². The van der Waals surface area contributed by atoms with Crippen LogP contribution in [0.4, 0.5) is 4.39 Å². The molecule has 1 aromatic carbocycles. The van der Waals surface area contributed by atoms with E-state index < -0.39 is 0 Å². The van der Waals surface area contributed by atoms with E-state index >= 15 is 0 Å². The maximum absolute atomic E-state index is 13.7. The Hall–Kier alpha value is -2.00. The molecule has 2 heterocycles. The monoisotopic (exact) mass is 308 g/mol. The molecule has 0 N–H and O–H groups in total. The molecular weight excluding hydrogens is 287 g/mol. The molecule has 0 radical (unpaired) electrons. The lowest BCUT2D eigenvalue weighted by Crippen LogP contribution is -2.27. The Balaban J connectivity index is 1.94. The van der Waals surface area contributed by atoms with Crippen LogP contribution in [0.1, 0.15) is 35.2 Å². The fourth-order valence-corrected chi connectivity index (χ4v) is 3.77. The number of halogens is 1. The van der Waals surface area contributed by atoms with Gasteiger partial charge in [-0.05, 0) is 67.6 Å². The van der Waals surface area contributed by atoms with Crippen molar-refractivity contribution in [2.24, 2.45) is 0 Å². The first-order valence-electron chi connectivity index (χ1n) is 8.36. The lowest BCUT2D eigenvalue weighted by molar-refractivity contribution is 0.313. The van der Waals surface area contributed by atoms with Crippen molar-refractivity contribution in [1.82, 2.24) is 9.88 Å². The SMILES string of the molecule is CN1CCC(=C2c3ccc(F)cc3CCc3cccnc32)CC1. The Morgan fingerprint density at radius 1 is 1.00 bits per heavy atom. The van der Waals surface area contributed by atoms with Gasteiger partial charge >= 0.3 is 0 Å². The molecule has 23 heavy (non-hydrogen) atoms. The molecule has 0 atom stereocenters. The number of aryl methyl sites for hydroxylation is 2. The largest absolute Gasteiger partial charge is 0.306 e. The zero-order valence-corrected chi connectivity index (χ0v) is 13.5. The molecular formula is C20H21FN2. The number of piperidine rings is 1. The van der Waals surface area contributed by atoms with E-state index in [9.17, 15) is 4.39 Å². The minimum atomic E-state index is -0.143. The Morgan fingerprint density at radius 3 is 2.61 bits per heavy atom. The Morgan fingerprint density at radius 2 is 1.78 bits per heavy atom. The molecule has 118 valence electrons. The highest BCUT2D eigenvalue weighted by atomic mass is 19.1. The van der Waals surface area contributed by atoms with Crippen LogP contribution in [-0.4, -0.2) is 30.0 Å². The minimum absolute atomic E-state index is 0.143. The highest BCUT2D eigenvalue weighted by Gasteiger charge is 2.24. The molecule has 1 aliphatic heterocycles. The second-order valence-electron chi connectivity index (χ2n) is 6.59. The number of hydrogen-bond acceptors (Lipinski definition) is 2. The third kappa shape index (κ3) is 2.70. The smallest absolute Gasteiger partial charge is 0.123 e. The van der Waals surface area contributed by atoms with Crippen molar-refractivity contribution < 1.29 is 4.39 Å². The molecule has 0 bridgehead atoms. The number of hydrogen-bond donors (Lipinski definition) is 0. The van der Waals surface area contributed by atoms with Crippen LogP contribution >= 0.6 is 0 Å². The zero-order valence-electron chi connectivity index (χ0n) is 13.5. The topological polar surface area (TPSA) is 16.1 Å². The maximum Gasteiger partial charge on any atom is 0.123 e. The summed E-state index contributed by atoms with van der Waals surface area (Å²) in [6, 6.07) is 9.42. The van der Waals surface area contributed by atoms with Gasteiger partial charge in [-0.25, -0.2) is 4.39 Å². The Labute approximate surface area is 136 Å². The predicted molar refractivity (Wildman–Crippen MR) is 90.8 cm³/mol. The summed E-state index contributed by atoms with van der Waals surface area (Å²) in [5.41, 5.74) is 7.43. The van der Waals surface area contributed by atoms with E-state index in [2.05, 4.69) is 18.0 Å². The summed E-state index contributed by atoms with van der Waals surface area (Å²) in [7, 11) is 2.17. The van der Waals surface area contributed by atoms with E-state index in [0.29, 0.717) is 0 Å². The van der Waals surface area contributed by atoms with E-state index in [1.807, 2.05) is 18.3 Å². The first-order valence-corrected chi connectivity index (χ1v) is 8.36. The summed E-state index contributed by atoms with van der Waals surface area (Å²) in [6.07, 6.45) is 5.82. The van der Waals surface area contributed by atoms with Crippen LogP contribution < -0.4 is 0 Å². The molecule has 4 rings (SSSR count). The summed E-state index contributed by atoms with van der Waals surface area (Å²) >= 11 is 0. The summed E-state index contributed by atoms with van der Waals surface area (Å²) in [5, 5.41) is 0. The van der Waals surface area contributed by atoms with Gasteiger partial charge in [0.15, 0.2) is 0 Å². The van der Waals surface area contributed by atoms with Gasteiger partial charge in [-0.1, -0.05) is 17.7 Å². The molecule has 1 aromatic heterocycles. The van der Waals surface area contributed by atoms with Gasteiger partial charge in [-0.2, -0.15) is 0 Å².